The molecule has 1 aromatic heterocycles. The first-order valence-corrected chi connectivity index (χ1v) is 4.93. The molecule has 14 heavy (non-hydrogen) atoms. The van der Waals surface area contributed by atoms with Gasteiger partial charge in [0.1, 0.15) is 0 Å². The Morgan fingerprint density at radius 1 is 1.50 bits per heavy atom. The second-order valence-electron chi connectivity index (χ2n) is 3.77. The molecular weight excluding hydrogens is 174 g/mol. The number of nitrogens with one attached hydrogen (secondary N) is 1. The molecule has 1 aromatic carbocycles. The maximum atomic E-state index is 5.71. The van der Waals surface area contributed by atoms with Crippen molar-refractivity contribution >= 4 is 11.0 Å². The van der Waals surface area contributed by atoms with Crippen molar-refractivity contribution in [2.75, 3.05) is 0 Å². The van der Waals surface area contributed by atoms with Crippen LogP contribution in [-0.2, 0) is 6.42 Å². The lowest BCUT2D eigenvalue weighted by atomic mass is 10.1. The highest BCUT2D eigenvalue weighted by Gasteiger charge is 2.00. The number of aromatic amines is 1. The van der Waals surface area contributed by atoms with Crippen molar-refractivity contribution in [2.45, 2.75) is 25.8 Å². The lowest BCUT2D eigenvalue weighted by molar-refractivity contribution is 0.666. The van der Waals surface area contributed by atoms with Crippen LogP contribution < -0.4 is 5.73 Å². The van der Waals surface area contributed by atoms with Crippen molar-refractivity contribution < 1.29 is 0 Å². The third-order valence-corrected chi connectivity index (χ3v) is 2.37. The highest BCUT2D eigenvalue weighted by molar-refractivity contribution is 5.74. The monoisotopic (exact) mass is 189 g/mol. The van der Waals surface area contributed by atoms with Crippen molar-refractivity contribution in [2.24, 2.45) is 5.73 Å². The summed E-state index contributed by atoms with van der Waals surface area (Å²) < 4.78 is 0. The van der Waals surface area contributed by atoms with Crippen LogP contribution in [0.2, 0.25) is 0 Å². The van der Waals surface area contributed by atoms with Gasteiger partial charge < -0.3 is 10.7 Å². The molecule has 74 valence electrons. The van der Waals surface area contributed by atoms with Crippen LogP contribution in [0.1, 0.15) is 18.9 Å². The smallest absolute Gasteiger partial charge is 0.0931 e. The molecule has 3 nitrogen and oxygen atoms in total. The molecule has 1 unspecified atom stereocenters. The topological polar surface area (TPSA) is 54.7 Å². The van der Waals surface area contributed by atoms with E-state index in [0.717, 1.165) is 23.9 Å². The summed E-state index contributed by atoms with van der Waals surface area (Å²) in [5, 5.41) is 0. The number of fused-ring (bicyclic) bond motifs is 1. The van der Waals surface area contributed by atoms with Gasteiger partial charge in [0.05, 0.1) is 17.4 Å². The van der Waals surface area contributed by atoms with E-state index in [2.05, 4.69) is 22.1 Å². The SMILES string of the molecule is CC(N)CCc1ccc2nc[nH]c2c1. The zero-order valence-corrected chi connectivity index (χ0v) is 8.33. The molecule has 0 amide bonds. The van der Waals surface area contributed by atoms with Crippen LogP contribution in [-0.4, -0.2) is 16.0 Å². The van der Waals surface area contributed by atoms with E-state index in [9.17, 15) is 0 Å². The lowest BCUT2D eigenvalue weighted by Crippen LogP contribution is -2.15. The third-order valence-electron chi connectivity index (χ3n) is 2.37. The summed E-state index contributed by atoms with van der Waals surface area (Å²) >= 11 is 0. The Hall–Kier alpha value is -1.35. The second-order valence-corrected chi connectivity index (χ2v) is 3.77. The normalized spacial score (nSPS) is 13.3. The Labute approximate surface area is 83.3 Å². The largest absolute Gasteiger partial charge is 0.345 e. The van der Waals surface area contributed by atoms with Gasteiger partial charge in [0.2, 0.25) is 0 Å². The number of rotatable bonds is 3. The van der Waals surface area contributed by atoms with Gasteiger partial charge in [0.25, 0.3) is 0 Å². The van der Waals surface area contributed by atoms with Gasteiger partial charge in [-0.3, -0.25) is 0 Å². The van der Waals surface area contributed by atoms with Gasteiger partial charge in [-0.05, 0) is 37.5 Å². The fourth-order valence-electron chi connectivity index (χ4n) is 1.53. The summed E-state index contributed by atoms with van der Waals surface area (Å²) in [7, 11) is 0. The fraction of sp³-hybridized carbons (Fsp3) is 0.364. The molecule has 2 aromatic rings. The predicted molar refractivity (Wildman–Crippen MR) is 58.1 cm³/mol. The van der Waals surface area contributed by atoms with E-state index in [-0.39, 0.29) is 6.04 Å². The van der Waals surface area contributed by atoms with Crippen LogP contribution in [0.3, 0.4) is 0 Å². The van der Waals surface area contributed by atoms with Gasteiger partial charge in [0.15, 0.2) is 0 Å². The number of H-pyrrole nitrogens is 1. The van der Waals surface area contributed by atoms with Crippen molar-refractivity contribution in [3.05, 3.63) is 30.1 Å². The average molecular weight is 189 g/mol. The summed E-state index contributed by atoms with van der Waals surface area (Å²) in [6.45, 7) is 2.04. The van der Waals surface area contributed by atoms with Gasteiger partial charge in [-0.1, -0.05) is 6.07 Å². The summed E-state index contributed by atoms with van der Waals surface area (Å²) in [4.78, 5) is 7.28. The molecule has 0 fully saturated rings. The molecule has 0 saturated heterocycles. The quantitative estimate of drug-likeness (QED) is 0.774. The second kappa shape index (κ2) is 3.80. The molecule has 0 radical (unpaired) electrons. The Morgan fingerprint density at radius 2 is 2.36 bits per heavy atom. The Morgan fingerprint density at radius 3 is 3.14 bits per heavy atom. The van der Waals surface area contributed by atoms with Crippen molar-refractivity contribution in [1.82, 2.24) is 9.97 Å². The van der Waals surface area contributed by atoms with E-state index < -0.39 is 0 Å². The number of benzene rings is 1. The maximum Gasteiger partial charge on any atom is 0.0931 e. The number of aryl methyl sites for hydroxylation is 1. The summed E-state index contributed by atoms with van der Waals surface area (Å²) in [6, 6.07) is 6.57. The molecule has 0 aliphatic heterocycles. The molecule has 2 rings (SSSR count). The van der Waals surface area contributed by atoms with Crippen LogP contribution in [0, 0.1) is 0 Å². The molecule has 1 atom stereocenters. The molecule has 0 bridgehead atoms. The minimum absolute atomic E-state index is 0.271. The number of nitrogens with zero attached hydrogens (tertiary/aromatic N) is 1. The minimum atomic E-state index is 0.271. The summed E-state index contributed by atoms with van der Waals surface area (Å²) in [5.41, 5.74) is 9.16. The van der Waals surface area contributed by atoms with E-state index in [1.807, 2.05) is 13.0 Å². The summed E-state index contributed by atoms with van der Waals surface area (Å²) in [5.74, 6) is 0. The first-order valence-electron chi connectivity index (χ1n) is 4.93. The first-order chi connectivity index (χ1) is 6.75. The van der Waals surface area contributed by atoms with Crippen molar-refractivity contribution in [3.8, 4) is 0 Å². The van der Waals surface area contributed by atoms with E-state index in [1.54, 1.807) is 6.33 Å². The van der Waals surface area contributed by atoms with E-state index in [1.165, 1.54) is 5.56 Å². The number of hydrogen-bond acceptors (Lipinski definition) is 2. The Bertz CT molecular complexity index is 417. The number of imidazole rings is 1. The van der Waals surface area contributed by atoms with Gasteiger partial charge in [-0.25, -0.2) is 4.98 Å². The van der Waals surface area contributed by atoms with Gasteiger partial charge in [-0.15, -0.1) is 0 Å². The number of hydrogen-bond donors (Lipinski definition) is 2. The Balaban J connectivity index is 2.17. The third kappa shape index (κ3) is 1.93. The molecule has 0 aliphatic carbocycles. The van der Waals surface area contributed by atoms with Crippen LogP contribution in [0.5, 0.6) is 0 Å². The first kappa shape index (κ1) is 9.21. The van der Waals surface area contributed by atoms with Gasteiger partial charge >= 0.3 is 0 Å². The standard InChI is InChI=1S/C11H15N3/c1-8(12)2-3-9-4-5-10-11(6-9)14-7-13-10/h4-8H,2-3,12H2,1H3,(H,13,14). The van der Waals surface area contributed by atoms with Crippen molar-refractivity contribution in [1.29, 1.82) is 0 Å². The molecule has 0 aliphatic rings. The highest BCUT2D eigenvalue weighted by atomic mass is 14.9. The molecule has 0 saturated carbocycles. The van der Waals surface area contributed by atoms with Gasteiger partial charge in [-0.2, -0.15) is 0 Å². The number of aromatic nitrogens is 2. The highest BCUT2D eigenvalue weighted by Crippen LogP contribution is 2.13. The lowest BCUT2D eigenvalue weighted by Gasteiger charge is -2.04. The van der Waals surface area contributed by atoms with Crippen LogP contribution >= 0.6 is 0 Å². The average Bonchev–Trinajstić information content (AvgIpc) is 2.61. The van der Waals surface area contributed by atoms with E-state index in [0.29, 0.717) is 0 Å². The molecule has 3 N–H and O–H groups in total. The molecular formula is C11H15N3. The van der Waals surface area contributed by atoms with Gasteiger partial charge in [0, 0.05) is 6.04 Å². The van der Waals surface area contributed by atoms with Crippen LogP contribution in [0.4, 0.5) is 0 Å². The van der Waals surface area contributed by atoms with Crippen molar-refractivity contribution in [3.63, 3.8) is 0 Å². The number of nitrogens with two attached hydrogens (primary N) is 1. The zero-order valence-electron chi connectivity index (χ0n) is 8.33. The van der Waals surface area contributed by atoms with Crippen LogP contribution in [0.15, 0.2) is 24.5 Å². The molecule has 1 heterocycles. The van der Waals surface area contributed by atoms with Crippen LogP contribution in [0.25, 0.3) is 11.0 Å². The maximum absolute atomic E-state index is 5.71. The fourth-order valence-corrected chi connectivity index (χ4v) is 1.53. The minimum Gasteiger partial charge on any atom is -0.345 e. The van der Waals surface area contributed by atoms with E-state index >= 15 is 0 Å². The summed E-state index contributed by atoms with van der Waals surface area (Å²) in [6.07, 6.45) is 3.78. The Kier molecular flexibility index (Phi) is 2.50. The molecule has 0 spiro atoms. The zero-order chi connectivity index (χ0) is 9.97. The van der Waals surface area contributed by atoms with E-state index in [4.69, 9.17) is 5.73 Å². The predicted octanol–water partition coefficient (Wildman–Crippen LogP) is 1.84. The molecule has 3 heteroatoms.